The lowest BCUT2D eigenvalue weighted by atomic mass is 9.84. The van der Waals surface area contributed by atoms with Gasteiger partial charge in [0.15, 0.2) is 0 Å². The van der Waals surface area contributed by atoms with Gasteiger partial charge in [0.25, 0.3) is 0 Å². The number of nitriles is 1. The number of nitrogens with two attached hydrogens (primary N) is 1. The topological polar surface area (TPSA) is 108 Å². The Kier molecular flexibility index (Phi) is 5.98. The second-order valence-electron chi connectivity index (χ2n) is 9.01. The smallest absolute Gasteiger partial charge is 0.248 e. The van der Waals surface area contributed by atoms with Crippen molar-refractivity contribution in [1.29, 1.82) is 5.26 Å². The molecule has 6 nitrogen and oxygen atoms in total. The number of hydrogen-bond donors (Lipinski definition) is 3. The summed E-state index contributed by atoms with van der Waals surface area (Å²) in [6.45, 7) is 4.38. The average molecular weight is 435 g/mol. The maximum Gasteiger partial charge on any atom is 0.248 e. The Balaban J connectivity index is 1.42. The number of nitrogens with zero attached hydrogens (tertiary/aromatic N) is 1. The molecule has 0 aromatic heterocycles. The number of halogens is 1. The van der Waals surface area contributed by atoms with Gasteiger partial charge in [0.05, 0.1) is 12.1 Å². The molecule has 1 saturated heterocycles. The number of amides is 2. The predicted molar refractivity (Wildman–Crippen MR) is 119 cm³/mol. The Morgan fingerprint density at radius 1 is 1.19 bits per heavy atom. The van der Waals surface area contributed by atoms with E-state index in [1.807, 2.05) is 0 Å². The first-order chi connectivity index (χ1) is 15.3. The Morgan fingerprint density at radius 3 is 2.44 bits per heavy atom. The van der Waals surface area contributed by atoms with Crippen LogP contribution in [0.2, 0.25) is 0 Å². The summed E-state index contributed by atoms with van der Waals surface area (Å²) in [6.07, 6.45) is 1.07. The van der Waals surface area contributed by atoms with Crippen molar-refractivity contribution in [1.82, 2.24) is 10.6 Å². The van der Waals surface area contributed by atoms with Crippen LogP contribution in [0.1, 0.15) is 36.2 Å². The molecule has 4 N–H and O–H groups in total. The van der Waals surface area contributed by atoms with E-state index in [1.54, 1.807) is 36.4 Å². The third kappa shape index (κ3) is 4.11. The highest BCUT2D eigenvalue weighted by Gasteiger charge is 2.51. The van der Waals surface area contributed by atoms with E-state index in [0.29, 0.717) is 34.6 Å². The van der Waals surface area contributed by atoms with E-state index in [2.05, 4.69) is 30.6 Å². The van der Waals surface area contributed by atoms with E-state index >= 15 is 0 Å². The summed E-state index contributed by atoms with van der Waals surface area (Å²) in [6, 6.07) is 12.7. The van der Waals surface area contributed by atoms with Gasteiger partial charge in [-0.25, -0.2) is 4.39 Å². The third-order valence-electron chi connectivity index (χ3n) is 7.22. The molecule has 0 spiro atoms. The maximum absolute atomic E-state index is 14.8. The van der Waals surface area contributed by atoms with E-state index in [9.17, 15) is 19.2 Å². The quantitative estimate of drug-likeness (QED) is 0.650. The Morgan fingerprint density at radius 2 is 1.88 bits per heavy atom. The van der Waals surface area contributed by atoms with Gasteiger partial charge in [0.2, 0.25) is 11.8 Å². The van der Waals surface area contributed by atoms with Crippen molar-refractivity contribution >= 4 is 11.8 Å². The van der Waals surface area contributed by atoms with Crippen LogP contribution < -0.4 is 16.4 Å². The monoisotopic (exact) mass is 434 g/mol. The minimum Gasteiger partial charge on any atom is -0.366 e. The first kappa shape index (κ1) is 22.0. The summed E-state index contributed by atoms with van der Waals surface area (Å²) in [5, 5.41) is 15.7. The van der Waals surface area contributed by atoms with Gasteiger partial charge in [-0.15, -0.1) is 0 Å². The zero-order chi connectivity index (χ0) is 23.0. The van der Waals surface area contributed by atoms with E-state index in [-0.39, 0.29) is 24.3 Å². The molecule has 7 heteroatoms. The lowest BCUT2D eigenvalue weighted by molar-refractivity contribution is -0.125. The summed E-state index contributed by atoms with van der Waals surface area (Å²) >= 11 is 0. The van der Waals surface area contributed by atoms with Crippen LogP contribution in [0.25, 0.3) is 11.1 Å². The van der Waals surface area contributed by atoms with Crippen LogP contribution in [-0.4, -0.2) is 29.9 Å². The zero-order valence-electron chi connectivity index (χ0n) is 18.1. The molecule has 2 aliphatic rings. The van der Waals surface area contributed by atoms with Crippen LogP contribution in [0.4, 0.5) is 4.39 Å². The molecule has 6 atom stereocenters. The molecular weight excluding hydrogens is 407 g/mol. The molecule has 2 aromatic carbocycles. The summed E-state index contributed by atoms with van der Waals surface area (Å²) in [5.41, 5.74) is 7.39. The molecule has 1 aliphatic carbocycles. The number of piperidine rings is 1. The van der Waals surface area contributed by atoms with Crippen LogP contribution in [0.3, 0.4) is 0 Å². The van der Waals surface area contributed by atoms with Crippen LogP contribution in [0.15, 0.2) is 42.5 Å². The Bertz CT molecular complexity index is 1080. The van der Waals surface area contributed by atoms with Crippen molar-refractivity contribution in [3.05, 3.63) is 59.4 Å². The van der Waals surface area contributed by atoms with Gasteiger partial charge in [-0.05, 0) is 59.1 Å². The number of hydrogen-bond acceptors (Lipinski definition) is 4. The van der Waals surface area contributed by atoms with Crippen molar-refractivity contribution < 1.29 is 14.0 Å². The highest BCUT2D eigenvalue weighted by molar-refractivity contribution is 5.93. The molecular formula is C25H27FN4O2. The normalized spacial score (nSPS) is 27.0. The Labute approximate surface area is 187 Å². The van der Waals surface area contributed by atoms with Crippen LogP contribution in [0, 0.1) is 34.9 Å². The number of carbonyl (C=O) groups excluding carboxylic acids is 2. The molecule has 2 amide bonds. The number of nitrogens with one attached hydrogen (secondary N) is 2. The predicted octanol–water partition coefficient (Wildman–Crippen LogP) is 2.77. The second kappa shape index (κ2) is 8.71. The summed E-state index contributed by atoms with van der Waals surface area (Å²) < 4.78 is 14.8. The van der Waals surface area contributed by atoms with E-state index < -0.39 is 17.8 Å². The van der Waals surface area contributed by atoms with Gasteiger partial charge in [-0.1, -0.05) is 38.1 Å². The first-order valence-electron chi connectivity index (χ1n) is 10.9. The molecule has 32 heavy (non-hydrogen) atoms. The van der Waals surface area contributed by atoms with Crippen molar-refractivity contribution in [2.24, 2.45) is 23.5 Å². The molecule has 4 rings (SSSR count). The largest absolute Gasteiger partial charge is 0.366 e. The van der Waals surface area contributed by atoms with Crippen molar-refractivity contribution in [3.8, 4) is 17.2 Å². The molecule has 2 aromatic rings. The van der Waals surface area contributed by atoms with Crippen LogP contribution >= 0.6 is 0 Å². The number of benzene rings is 2. The molecule has 1 heterocycles. The van der Waals surface area contributed by atoms with Crippen LogP contribution in [-0.2, 0) is 11.2 Å². The van der Waals surface area contributed by atoms with E-state index in [4.69, 9.17) is 5.73 Å². The fourth-order valence-electron chi connectivity index (χ4n) is 5.09. The van der Waals surface area contributed by atoms with Crippen molar-refractivity contribution in [2.45, 2.75) is 44.8 Å². The summed E-state index contributed by atoms with van der Waals surface area (Å²) in [4.78, 5) is 24.0. The van der Waals surface area contributed by atoms with Gasteiger partial charge < -0.3 is 16.4 Å². The van der Waals surface area contributed by atoms with Gasteiger partial charge in [-0.2, -0.15) is 5.26 Å². The minimum atomic E-state index is -0.814. The molecule has 166 valence electrons. The summed E-state index contributed by atoms with van der Waals surface area (Å²) in [5.74, 6) is 0.111. The zero-order valence-corrected chi connectivity index (χ0v) is 18.1. The van der Waals surface area contributed by atoms with Gasteiger partial charge >= 0.3 is 0 Å². The van der Waals surface area contributed by atoms with Crippen LogP contribution in [0.5, 0.6) is 0 Å². The fourth-order valence-corrected chi connectivity index (χ4v) is 5.09. The second-order valence-corrected chi connectivity index (χ2v) is 9.01. The van der Waals surface area contributed by atoms with E-state index in [0.717, 1.165) is 12.0 Å². The lowest BCUT2D eigenvalue weighted by Gasteiger charge is -2.32. The highest BCUT2D eigenvalue weighted by atomic mass is 19.1. The highest BCUT2D eigenvalue weighted by Crippen LogP contribution is 2.44. The molecule has 2 bridgehead atoms. The summed E-state index contributed by atoms with van der Waals surface area (Å²) in [7, 11) is 0. The van der Waals surface area contributed by atoms with E-state index in [1.165, 1.54) is 6.07 Å². The molecule has 1 saturated carbocycles. The third-order valence-corrected chi connectivity index (χ3v) is 7.22. The molecule has 0 unspecified atom stereocenters. The fraction of sp³-hybridized carbons (Fsp3) is 0.400. The Hall–Kier alpha value is -3.24. The van der Waals surface area contributed by atoms with Gasteiger partial charge in [0, 0.05) is 18.0 Å². The van der Waals surface area contributed by atoms with Crippen molar-refractivity contribution in [2.75, 3.05) is 0 Å². The lowest BCUT2D eigenvalue weighted by Crippen LogP contribution is -2.54. The minimum absolute atomic E-state index is 0.0851. The number of carbonyl (C=O) groups is 2. The van der Waals surface area contributed by atoms with Gasteiger partial charge in [0.1, 0.15) is 11.9 Å². The van der Waals surface area contributed by atoms with Gasteiger partial charge in [-0.3, -0.25) is 9.59 Å². The standard InChI is InChI=1S/C25H27FN4O2/c1-13-14(2)22-11-20(13)23(30-22)25(32)29-19(12-27)9-18-8-7-17(10-21(18)26)15-3-5-16(6-4-15)24(28)31/h3-8,10,13-14,19-20,22-23,30H,9,11H2,1-2H3,(H2,28,31)(H,29,32)/t13-,14+,19+,20+,22+,23+/m1/s1. The number of primary amides is 1. The first-order valence-corrected chi connectivity index (χ1v) is 10.9. The number of rotatable bonds is 6. The maximum atomic E-state index is 14.8. The average Bonchev–Trinajstić information content (AvgIpc) is 3.34. The SMILES string of the molecule is C[C@@H]1[C@H](C)[C@@H]2C[C@@H]1[C@@H](C(=O)N[C@H](C#N)Cc1ccc(-c3ccc(C(N)=O)cc3)cc1F)N2. The van der Waals surface area contributed by atoms with Crippen molar-refractivity contribution in [3.63, 3.8) is 0 Å². The molecule has 2 fully saturated rings. The molecule has 0 radical (unpaired) electrons. The number of fused-ring (bicyclic) bond motifs is 2. The molecule has 1 aliphatic heterocycles.